The highest BCUT2D eigenvalue weighted by atomic mass is 35.5. The number of hydrogen-bond acceptors (Lipinski definition) is 4. The molecule has 0 bridgehead atoms. The summed E-state index contributed by atoms with van der Waals surface area (Å²) >= 11 is 16.8. The Morgan fingerprint density at radius 2 is 2.09 bits per heavy atom. The van der Waals surface area contributed by atoms with E-state index < -0.39 is 0 Å². The smallest absolute Gasteiger partial charge is 0.187 e. The van der Waals surface area contributed by atoms with E-state index in [2.05, 4.69) is 15.8 Å². The average molecular weight is 358 g/mol. The lowest BCUT2D eigenvalue weighted by molar-refractivity contribution is 0.300. The maximum Gasteiger partial charge on any atom is 0.187 e. The zero-order valence-electron chi connectivity index (χ0n) is 11.3. The van der Waals surface area contributed by atoms with Crippen molar-refractivity contribution >= 4 is 46.7 Å². The van der Waals surface area contributed by atoms with Crippen molar-refractivity contribution in [2.75, 3.05) is 13.2 Å². The van der Waals surface area contributed by atoms with Crippen LogP contribution < -0.4 is 10.7 Å². The number of hydrogen-bond donors (Lipinski definition) is 3. The standard InChI is InChI=1S/C14H13Cl2N3O2S/c15-11-3-1-9(7-12(11)16)13-4-2-10(21-13)8-18-19-14(22)17-5-6-20/h1-4,7-8,20H,5-6H2,(H2,17,19,22)/b18-8+. The second kappa shape index (κ2) is 8.14. The summed E-state index contributed by atoms with van der Waals surface area (Å²) in [6.45, 7) is 0.361. The van der Waals surface area contributed by atoms with E-state index in [4.69, 9.17) is 44.9 Å². The van der Waals surface area contributed by atoms with Gasteiger partial charge in [0.15, 0.2) is 5.11 Å². The van der Waals surface area contributed by atoms with Gasteiger partial charge in [0.1, 0.15) is 11.5 Å². The molecule has 0 saturated heterocycles. The van der Waals surface area contributed by atoms with Crippen molar-refractivity contribution < 1.29 is 9.52 Å². The first-order valence-corrected chi connectivity index (χ1v) is 7.49. The number of aliphatic hydroxyl groups is 1. The van der Waals surface area contributed by atoms with Crippen LogP contribution in [0.3, 0.4) is 0 Å². The molecule has 2 aromatic rings. The number of hydrazone groups is 1. The normalized spacial score (nSPS) is 10.9. The van der Waals surface area contributed by atoms with Crippen LogP contribution in [0.25, 0.3) is 11.3 Å². The molecule has 22 heavy (non-hydrogen) atoms. The lowest BCUT2D eigenvalue weighted by Gasteiger charge is -2.03. The molecule has 1 aromatic heterocycles. The van der Waals surface area contributed by atoms with E-state index in [1.54, 1.807) is 18.2 Å². The van der Waals surface area contributed by atoms with Crippen LogP contribution in [0.2, 0.25) is 10.0 Å². The Kier molecular flexibility index (Phi) is 6.21. The van der Waals surface area contributed by atoms with Crippen molar-refractivity contribution in [3.63, 3.8) is 0 Å². The predicted octanol–water partition coefficient (Wildman–Crippen LogP) is 3.04. The van der Waals surface area contributed by atoms with Gasteiger partial charge in [0.05, 0.1) is 22.9 Å². The number of nitrogens with zero attached hydrogens (tertiary/aromatic N) is 1. The Morgan fingerprint density at radius 3 is 2.82 bits per heavy atom. The summed E-state index contributed by atoms with van der Waals surface area (Å²) in [7, 11) is 0. The minimum absolute atomic E-state index is 0.00324. The summed E-state index contributed by atoms with van der Waals surface area (Å²) in [5, 5.41) is 16.6. The second-order valence-electron chi connectivity index (χ2n) is 4.18. The van der Waals surface area contributed by atoms with Crippen molar-refractivity contribution in [3.8, 4) is 11.3 Å². The van der Waals surface area contributed by atoms with Gasteiger partial charge in [-0.3, -0.25) is 5.43 Å². The van der Waals surface area contributed by atoms with Gasteiger partial charge in [-0.1, -0.05) is 23.2 Å². The molecule has 0 radical (unpaired) electrons. The van der Waals surface area contributed by atoms with Crippen molar-refractivity contribution in [1.82, 2.24) is 10.7 Å². The van der Waals surface area contributed by atoms with Gasteiger partial charge in [-0.15, -0.1) is 0 Å². The minimum atomic E-state index is -0.00324. The molecule has 3 N–H and O–H groups in total. The zero-order valence-corrected chi connectivity index (χ0v) is 13.7. The van der Waals surface area contributed by atoms with E-state index in [1.165, 1.54) is 6.21 Å². The number of aliphatic hydroxyl groups excluding tert-OH is 1. The Labute approximate surface area is 142 Å². The van der Waals surface area contributed by atoms with Crippen LogP contribution in [0.4, 0.5) is 0 Å². The van der Waals surface area contributed by atoms with Crippen LogP contribution in [0.5, 0.6) is 0 Å². The third-order valence-electron chi connectivity index (χ3n) is 2.59. The van der Waals surface area contributed by atoms with Gasteiger partial charge in [0.25, 0.3) is 0 Å². The molecule has 0 unspecified atom stereocenters. The third-order valence-corrected chi connectivity index (χ3v) is 3.56. The topological polar surface area (TPSA) is 69.8 Å². The molecule has 116 valence electrons. The van der Waals surface area contributed by atoms with Crippen LogP contribution >= 0.6 is 35.4 Å². The van der Waals surface area contributed by atoms with E-state index in [9.17, 15) is 0 Å². The molecule has 0 aliphatic carbocycles. The number of furan rings is 1. The monoisotopic (exact) mass is 357 g/mol. The van der Waals surface area contributed by atoms with Gasteiger partial charge in [-0.25, -0.2) is 0 Å². The van der Waals surface area contributed by atoms with E-state index in [1.807, 2.05) is 12.1 Å². The summed E-state index contributed by atoms with van der Waals surface area (Å²) in [6.07, 6.45) is 1.49. The summed E-state index contributed by atoms with van der Waals surface area (Å²) in [5.74, 6) is 1.21. The van der Waals surface area contributed by atoms with Crippen LogP contribution in [-0.4, -0.2) is 29.6 Å². The van der Waals surface area contributed by atoms with E-state index in [0.29, 0.717) is 33.2 Å². The van der Waals surface area contributed by atoms with Gasteiger partial charge in [-0.2, -0.15) is 5.10 Å². The number of halogens is 2. The van der Waals surface area contributed by atoms with Crippen LogP contribution in [0, 0.1) is 0 Å². The van der Waals surface area contributed by atoms with Crippen LogP contribution in [0.1, 0.15) is 5.76 Å². The molecule has 0 amide bonds. The number of rotatable bonds is 5. The highest BCUT2D eigenvalue weighted by Gasteiger charge is 2.06. The largest absolute Gasteiger partial charge is 0.455 e. The number of nitrogens with one attached hydrogen (secondary N) is 2. The van der Waals surface area contributed by atoms with Gasteiger partial charge in [-0.05, 0) is 42.5 Å². The molecule has 1 heterocycles. The predicted molar refractivity (Wildman–Crippen MR) is 92.6 cm³/mol. The third kappa shape index (κ3) is 4.71. The lowest BCUT2D eigenvalue weighted by Crippen LogP contribution is -2.33. The zero-order chi connectivity index (χ0) is 15.9. The highest BCUT2D eigenvalue weighted by molar-refractivity contribution is 7.80. The van der Waals surface area contributed by atoms with E-state index in [0.717, 1.165) is 5.56 Å². The summed E-state index contributed by atoms with van der Waals surface area (Å²) in [5.41, 5.74) is 3.43. The van der Waals surface area contributed by atoms with Crippen LogP contribution in [-0.2, 0) is 0 Å². The number of thiocarbonyl (C=S) groups is 1. The quantitative estimate of drug-likeness (QED) is 0.435. The van der Waals surface area contributed by atoms with E-state index >= 15 is 0 Å². The summed E-state index contributed by atoms with van der Waals surface area (Å²) < 4.78 is 5.63. The molecule has 8 heteroatoms. The molecule has 0 spiro atoms. The minimum Gasteiger partial charge on any atom is -0.455 e. The summed E-state index contributed by atoms with van der Waals surface area (Å²) in [4.78, 5) is 0. The molecule has 0 atom stereocenters. The fourth-order valence-corrected chi connectivity index (χ4v) is 2.04. The maximum atomic E-state index is 8.65. The first kappa shape index (κ1) is 16.8. The van der Waals surface area contributed by atoms with Gasteiger partial charge < -0.3 is 14.8 Å². The first-order valence-electron chi connectivity index (χ1n) is 6.33. The first-order chi connectivity index (χ1) is 10.6. The van der Waals surface area contributed by atoms with Crippen LogP contribution in [0.15, 0.2) is 39.9 Å². The molecule has 1 aromatic carbocycles. The van der Waals surface area contributed by atoms with E-state index in [-0.39, 0.29) is 6.61 Å². The Morgan fingerprint density at radius 1 is 1.27 bits per heavy atom. The highest BCUT2D eigenvalue weighted by Crippen LogP contribution is 2.29. The Balaban J connectivity index is 1.99. The second-order valence-corrected chi connectivity index (χ2v) is 5.40. The molecule has 0 saturated carbocycles. The van der Waals surface area contributed by atoms with Crippen molar-refractivity contribution in [3.05, 3.63) is 46.1 Å². The molecule has 0 aliphatic heterocycles. The molecular formula is C14H13Cl2N3O2S. The van der Waals surface area contributed by atoms with Gasteiger partial charge in [0.2, 0.25) is 0 Å². The lowest BCUT2D eigenvalue weighted by atomic mass is 10.2. The molecule has 0 fully saturated rings. The van der Waals surface area contributed by atoms with Gasteiger partial charge in [0, 0.05) is 12.1 Å². The fourth-order valence-electron chi connectivity index (χ4n) is 1.59. The van der Waals surface area contributed by atoms with Crippen molar-refractivity contribution in [1.29, 1.82) is 0 Å². The summed E-state index contributed by atoms with van der Waals surface area (Å²) in [6, 6.07) is 8.84. The molecule has 0 aliphatic rings. The fraction of sp³-hybridized carbons (Fsp3) is 0.143. The Bertz CT molecular complexity index is 688. The number of benzene rings is 1. The maximum absolute atomic E-state index is 8.65. The molecule has 2 rings (SSSR count). The molecular weight excluding hydrogens is 345 g/mol. The van der Waals surface area contributed by atoms with Gasteiger partial charge >= 0.3 is 0 Å². The van der Waals surface area contributed by atoms with Crippen molar-refractivity contribution in [2.45, 2.75) is 0 Å². The average Bonchev–Trinajstić information content (AvgIpc) is 2.97. The Hall–Kier alpha value is -1.60. The molecule has 5 nitrogen and oxygen atoms in total. The van der Waals surface area contributed by atoms with Crippen molar-refractivity contribution in [2.24, 2.45) is 5.10 Å². The SMILES string of the molecule is OCCNC(=S)N/N=C/c1ccc(-c2ccc(Cl)c(Cl)c2)o1.